The minimum absolute atomic E-state index is 0.126. The molecule has 3 rings (SSSR count). The smallest absolute Gasteiger partial charge is 0.341 e. The van der Waals surface area contributed by atoms with Gasteiger partial charge < -0.3 is 19.5 Å². The number of benzene rings is 1. The van der Waals surface area contributed by atoms with E-state index in [-0.39, 0.29) is 6.61 Å². The Morgan fingerprint density at radius 1 is 1.52 bits per heavy atom. The number of aliphatic hydroxyl groups is 1. The van der Waals surface area contributed by atoms with Crippen LogP contribution in [0.3, 0.4) is 0 Å². The van der Waals surface area contributed by atoms with Crippen molar-refractivity contribution in [3.8, 4) is 5.75 Å². The molecule has 1 aliphatic heterocycles. The number of rotatable bonds is 3. The molecule has 1 N–H and O–H groups in total. The van der Waals surface area contributed by atoms with Gasteiger partial charge in [-0.2, -0.15) is 0 Å². The minimum atomic E-state index is -0.460. The van der Waals surface area contributed by atoms with Gasteiger partial charge >= 0.3 is 5.97 Å². The van der Waals surface area contributed by atoms with Crippen LogP contribution in [0, 0.1) is 0 Å². The van der Waals surface area contributed by atoms with E-state index in [0.29, 0.717) is 46.6 Å². The number of ether oxygens (including phenoxy) is 2. The van der Waals surface area contributed by atoms with Gasteiger partial charge in [-0.25, -0.2) is 9.78 Å². The van der Waals surface area contributed by atoms with Crippen molar-refractivity contribution >= 4 is 29.1 Å². The molecule has 0 amide bonds. The number of anilines is 2. The number of esters is 1. The third-order valence-electron chi connectivity index (χ3n) is 3.57. The van der Waals surface area contributed by atoms with Gasteiger partial charge in [0.05, 0.1) is 31.0 Å². The zero-order valence-corrected chi connectivity index (χ0v) is 13.2. The molecule has 0 aliphatic carbocycles. The van der Waals surface area contributed by atoms with Crippen LogP contribution in [0.5, 0.6) is 5.75 Å². The van der Waals surface area contributed by atoms with E-state index in [4.69, 9.17) is 26.2 Å². The van der Waals surface area contributed by atoms with Crippen LogP contribution in [0.25, 0.3) is 0 Å². The molecule has 0 saturated heterocycles. The first-order valence-corrected chi connectivity index (χ1v) is 7.40. The van der Waals surface area contributed by atoms with Crippen LogP contribution >= 0.6 is 11.6 Å². The normalized spacial score (nSPS) is 13.3. The van der Waals surface area contributed by atoms with Crippen molar-refractivity contribution in [1.82, 2.24) is 4.98 Å². The van der Waals surface area contributed by atoms with Crippen LogP contribution in [0.1, 0.15) is 15.9 Å². The van der Waals surface area contributed by atoms with Gasteiger partial charge in [0.2, 0.25) is 0 Å². The molecule has 7 heteroatoms. The van der Waals surface area contributed by atoms with Crippen LogP contribution in [0.15, 0.2) is 30.5 Å². The maximum atomic E-state index is 11.9. The maximum Gasteiger partial charge on any atom is 0.341 e. The Kier molecular flexibility index (Phi) is 4.36. The average molecular weight is 335 g/mol. The number of para-hydroxylation sites is 1. The van der Waals surface area contributed by atoms with Crippen molar-refractivity contribution in [1.29, 1.82) is 0 Å². The number of methoxy groups -OCH3 is 1. The van der Waals surface area contributed by atoms with Crippen molar-refractivity contribution in [2.45, 2.75) is 6.61 Å². The second-order valence-corrected chi connectivity index (χ2v) is 5.36. The van der Waals surface area contributed by atoms with Gasteiger partial charge in [0.1, 0.15) is 12.2 Å². The lowest BCUT2D eigenvalue weighted by Crippen LogP contribution is -2.30. The molecule has 0 radical (unpaired) electrons. The highest BCUT2D eigenvalue weighted by Crippen LogP contribution is 2.40. The maximum absolute atomic E-state index is 11.9. The Morgan fingerprint density at radius 2 is 2.35 bits per heavy atom. The second kappa shape index (κ2) is 6.44. The van der Waals surface area contributed by atoms with E-state index in [0.717, 1.165) is 0 Å². The van der Waals surface area contributed by atoms with Crippen molar-refractivity contribution < 1.29 is 19.4 Å². The Hall–Kier alpha value is -2.31. The summed E-state index contributed by atoms with van der Waals surface area (Å²) < 4.78 is 10.5. The Morgan fingerprint density at radius 3 is 3.04 bits per heavy atom. The molecule has 1 aromatic carbocycles. The van der Waals surface area contributed by atoms with E-state index in [1.807, 2.05) is 11.0 Å². The molecule has 0 fully saturated rings. The summed E-state index contributed by atoms with van der Waals surface area (Å²) in [5, 5.41) is 9.59. The summed E-state index contributed by atoms with van der Waals surface area (Å²) in [6.45, 7) is 0.808. The number of pyridine rings is 1. The summed E-state index contributed by atoms with van der Waals surface area (Å²) >= 11 is 6.29. The summed E-state index contributed by atoms with van der Waals surface area (Å²) in [6.07, 6.45) is 1.57. The number of carbonyl (C=O) groups is 1. The number of halogens is 1. The Labute approximate surface area is 138 Å². The van der Waals surface area contributed by atoms with Crippen LogP contribution in [0.2, 0.25) is 5.02 Å². The molecule has 23 heavy (non-hydrogen) atoms. The van der Waals surface area contributed by atoms with Crippen molar-refractivity contribution in [2.75, 3.05) is 25.2 Å². The fourth-order valence-electron chi connectivity index (χ4n) is 2.49. The van der Waals surface area contributed by atoms with Gasteiger partial charge in [-0.15, -0.1) is 0 Å². The SMILES string of the molecule is COC(=O)c1cccc2c1OCCN2c1ncc(CO)cc1Cl. The molecule has 1 aliphatic rings. The van der Waals surface area contributed by atoms with Crippen LogP contribution in [-0.4, -0.2) is 36.3 Å². The quantitative estimate of drug-likeness (QED) is 0.870. The van der Waals surface area contributed by atoms with E-state index < -0.39 is 5.97 Å². The summed E-state index contributed by atoms with van der Waals surface area (Å²) in [7, 11) is 1.33. The zero-order valence-electron chi connectivity index (χ0n) is 12.5. The molecule has 0 unspecified atom stereocenters. The first-order chi connectivity index (χ1) is 11.2. The number of hydrogen-bond donors (Lipinski definition) is 1. The lowest BCUT2D eigenvalue weighted by Gasteiger charge is -2.31. The van der Waals surface area contributed by atoms with Crippen molar-refractivity contribution in [3.63, 3.8) is 0 Å². The largest absolute Gasteiger partial charge is 0.489 e. The van der Waals surface area contributed by atoms with Gasteiger partial charge in [-0.05, 0) is 23.8 Å². The van der Waals surface area contributed by atoms with Gasteiger partial charge in [-0.3, -0.25) is 0 Å². The second-order valence-electron chi connectivity index (χ2n) is 4.95. The topological polar surface area (TPSA) is 71.9 Å². The molecule has 0 saturated carbocycles. The van der Waals surface area contributed by atoms with Gasteiger partial charge in [0.25, 0.3) is 0 Å². The highest BCUT2D eigenvalue weighted by molar-refractivity contribution is 6.33. The standard InChI is InChI=1S/C16H15ClN2O4/c1-22-16(21)11-3-2-4-13-14(11)23-6-5-19(13)15-12(17)7-10(9-20)8-18-15/h2-4,7-8,20H,5-6,9H2,1H3. The van der Waals surface area contributed by atoms with Gasteiger partial charge in [0, 0.05) is 6.20 Å². The zero-order chi connectivity index (χ0) is 16.4. The van der Waals surface area contributed by atoms with E-state index in [1.165, 1.54) is 7.11 Å². The first kappa shape index (κ1) is 15.6. The molecule has 6 nitrogen and oxygen atoms in total. The number of aromatic nitrogens is 1. The molecule has 0 spiro atoms. The van der Waals surface area contributed by atoms with Crippen LogP contribution in [-0.2, 0) is 11.3 Å². The Balaban J connectivity index is 2.07. The van der Waals surface area contributed by atoms with E-state index in [1.54, 1.807) is 24.4 Å². The highest BCUT2D eigenvalue weighted by atomic mass is 35.5. The molecular formula is C16H15ClN2O4. The van der Waals surface area contributed by atoms with Gasteiger partial charge in [-0.1, -0.05) is 17.7 Å². The molecule has 120 valence electrons. The van der Waals surface area contributed by atoms with E-state index >= 15 is 0 Å². The van der Waals surface area contributed by atoms with Crippen LogP contribution < -0.4 is 9.64 Å². The fourth-order valence-corrected chi connectivity index (χ4v) is 2.79. The number of nitrogens with zero attached hydrogens (tertiary/aromatic N) is 2. The summed E-state index contributed by atoms with van der Waals surface area (Å²) in [5.74, 6) is 0.545. The molecule has 0 bridgehead atoms. The molecule has 2 aromatic rings. The lowest BCUT2D eigenvalue weighted by molar-refractivity contribution is 0.0596. The molecular weight excluding hydrogens is 320 g/mol. The Bertz CT molecular complexity index is 751. The third kappa shape index (κ3) is 2.83. The summed E-state index contributed by atoms with van der Waals surface area (Å²) in [4.78, 5) is 18.1. The van der Waals surface area contributed by atoms with Crippen molar-refractivity contribution in [2.24, 2.45) is 0 Å². The van der Waals surface area contributed by atoms with E-state index in [2.05, 4.69) is 4.98 Å². The molecule has 1 aromatic heterocycles. The predicted molar refractivity (Wildman–Crippen MR) is 85.5 cm³/mol. The highest BCUT2D eigenvalue weighted by Gasteiger charge is 2.27. The first-order valence-electron chi connectivity index (χ1n) is 7.02. The lowest BCUT2D eigenvalue weighted by atomic mass is 10.1. The average Bonchev–Trinajstić information content (AvgIpc) is 2.60. The summed E-state index contributed by atoms with van der Waals surface area (Å²) in [6, 6.07) is 6.91. The third-order valence-corrected chi connectivity index (χ3v) is 3.85. The van der Waals surface area contributed by atoms with Crippen LogP contribution in [0.4, 0.5) is 11.5 Å². The summed E-state index contributed by atoms with van der Waals surface area (Å²) in [5.41, 5.74) is 1.69. The number of fused-ring (bicyclic) bond motifs is 1. The predicted octanol–water partition coefficient (Wildman–Crippen LogP) is 2.54. The van der Waals surface area contributed by atoms with Gasteiger partial charge in [0.15, 0.2) is 11.6 Å². The monoisotopic (exact) mass is 334 g/mol. The van der Waals surface area contributed by atoms with E-state index in [9.17, 15) is 4.79 Å². The van der Waals surface area contributed by atoms with Crippen molar-refractivity contribution in [3.05, 3.63) is 46.6 Å². The number of carbonyl (C=O) groups excluding carboxylic acids is 1. The fraction of sp³-hybridized carbons (Fsp3) is 0.250. The minimum Gasteiger partial charge on any atom is -0.489 e. The number of aliphatic hydroxyl groups excluding tert-OH is 1. The molecule has 0 atom stereocenters. The molecule has 2 heterocycles. The number of hydrogen-bond acceptors (Lipinski definition) is 6.